The summed E-state index contributed by atoms with van der Waals surface area (Å²) in [7, 11) is 1.94. The summed E-state index contributed by atoms with van der Waals surface area (Å²) >= 11 is 5.93. The summed E-state index contributed by atoms with van der Waals surface area (Å²) in [5.41, 5.74) is 1.11. The molecule has 1 atom stereocenters. The van der Waals surface area contributed by atoms with Gasteiger partial charge in [-0.05, 0) is 31.7 Å². The predicted octanol–water partition coefficient (Wildman–Crippen LogP) is 2.97. The molecule has 0 aromatic heterocycles. The fraction of sp³-hybridized carbons (Fsp3) is 0.308. The van der Waals surface area contributed by atoms with Crippen molar-refractivity contribution in [3.8, 4) is 0 Å². The number of likely N-dealkylation sites (N-methyl/N-ethyl adjacent to an activating group) is 1. The van der Waals surface area contributed by atoms with Gasteiger partial charge in [-0.2, -0.15) is 0 Å². The van der Waals surface area contributed by atoms with Crippen LogP contribution in [0.3, 0.4) is 0 Å². The third-order valence-corrected chi connectivity index (χ3v) is 2.88. The summed E-state index contributed by atoms with van der Waals surface area (Å²) in [4.78, 5) is 12.4. The summed E-state index contributed by atoms with van der Waals surface area (Å²) in [5.74, 6) is -0.922. The van der Waals surface area contributed by atoms with Crippen LogP contribution in [-0.4, -0.2) is 29.6 Å². The fourth-order valence-electron chi connectivity index (χ4n) is 1.50. The molecule has 0 aliphatic carbocycles. The third kappa shape index (κ3) is 4.59. The monoisotopic (exact) mass is 253 g/mol. The van der Waals surface area contributed by atoms with E-state index in [1.165, 1.54) is 0 Å². The van der Waals surface area contributed by atoms with E-state index in [-0.39, 0.29) is 6.04 Å². The molecule has 3 nitrogen and oxygen atoms in total. The van der Waals surface area contributed by atoms with Gasteiger partial charge in [-0.3, -0.25) is 4.90 Å². The zero-order valence-electron chi connectivity index (χ0n) is 9.93. The van der Waals surface area contributed by atoms with Crippen molar-refractivity contribution in [1.29, 1.82) is 0 Å². The van der Waals surface area contributed by atoms with Gasteiger partial charge in [0.15, 0.2) is 0 Å². The van der Waals surface area contributed by atoms with E-state index < -0.39 is 5.97 Å². The van der Waals surface area contributed by atoms with Gasteiger partial charge in [0.2, 0.25) is 0 Å². The second kappa shape index (κ2) is 6.42. The molecule has 0 amide bonds. The standard InChI is InChI=1S/C13H16ClNO2/c1-10(11-5-3-6-12(14)9-11)15(2)8-4-7-13(16)17/h3-7,9-10H,8H2,1-2H3,(H,16,17). The minimum atomic E-state index is -0.922. The van der Waals surface area contributed by atoms with Crippen molar-refractivity contribution in [2.75, 3.05) is 13.6 Å². The van der Waals surface area contributed by atoms with Gasteiger partial charge in [0.05, 0.1) is 0 Å². The first kappa shape index (κ1) is 13.7. The Kier molecular flexibility index (Phi) is 5.19. The smallest absolute Gasteiger partial charge is 0.328 e. The highest BCUT2D eigenvalue weighted by atomic mass is 35.5. The quantitative estimate of drug-likeness (QED) is 0.821. The molecule has 17 heavy (non-hydrogen) atoms. The summed E-state index contributed by atoms with van der Waals surface area (Å²) in [6.07, 6.45) is 2.78. The van der Waals surface area contributed by atoms with Gasteiger partial charge in [-0.15, -0.1) is 0 Å². The Morgan fingerprint density at radius 2 is 2.29 bits per heavy atom. The van der Waals surface area contributed by atoms with Crippen LogP contribution in [0.1, 0.15) is 18.5 Å². The van der Waals surface area contributed by atoms with E-state index >= 15 is 0 Å². The van der Waals surface area contributed by atoms with E-state index in [0.29, 0.717) is 11.6 Å². The van der Waals surface area contributed by atoms with Crippen LogP contribution < -0.4 is 0 Å². The average Bonchev–Trinajstić information content (AvgIpc) is 2.27. The highest BCUT2D eigenvalue weighted by Gasteiger charge is 2.10. The van der Waals surface area contributed by atoms with E-state index in [9.17, 15) is 4.79 Å². The summed E-state index contributed by atoms with van der Waals surface area (Å²) in [6.45, 7) is 2.64. The van der Waals surface area contributed by atoms with Crippen molar-refractivity contribution in [2.24, 2.45) is 0 Å². The molecular weight excluding hydrogens is 238 g/mol. The Morgan fingerprint density at radius 3 is 2.88 bits per heavy atom. The number of nitrogens with zero attached hydrogens (tertiary/aromatic N) is 1. The lowest BCUT2D eigenvalue weighted by atomic mass is 10.1. The fourth-order valence-corrected chi connectivity index (χ4v) is 1.70. The SMILES string of the molecule is CC(c1cccc(Cl)c1)N(C)CC=CC(=O)O. The summed E-state index contributed by atoms with van der Waals surface area (Å²) < 4.78 is 0. The van der Waals surface area contributed by atoms with Crippen LogP contribution in [0.15, 0.2) is 36.4 Å². The molecule has 0 radical (unpaired) electrons. The first-order valence-electron chi connectivity index (χ1n) is 5.36. The highest BCUT2D eigenvalue weighted by Crippen LogP contribution is 2.21. The Labute approximate surface area is 106 Å². The molecule has 1 unspecified atom stereocenters. The highest BCUT2D eigenvalue weighted by molar-refractivity contribution is 6.30. The van der Waals surface area contributed by atoms with Crippen molar-refractivity contribution < 1.29 is 9.90 Å². The topological polar surface area (TPSA) is 40.5 Å². The second-order valence-corrected chi connectivity index (χ2v) is 4.35. The summed E-state index contributed by atoms with van der Waals surface area (Å²) in [6, 6.07) is 7.86. The van der Waals surface area contributed by atoms with E-state index in [0.717, 1.165) is 11.6 Å². The molecule has 0 saturated heterocycles. The Balaban J connectivity index is 2.63. The number of aliphatic carboxylic acids is 1. The number of hydrogen-bond donors (Lipinski definition) is 1. The van der Waals surface area contributed by atoms with Crippen LogP contribution in [0.4, 0.5) is 0 Å². The lowest BCUT2D eigenvalue weighted by Gasteiger charge is -2.23. The van der Waals surface area contributed by atoms with Crippen LogP contribution in [0.5, 0.6) is 0 Å². The Hall–Kier alpha value is -1.32. The first-order chi connectivity index (χ1) is 8.00. The molecule has 0 bridgehead atoms. The maximum absolute atomic E-state index is 10.3. The van der Waals surface area contributed by atoms with Crippen LogP contribution >= 0.6 is 11.6 Å². The van der Waals surface area contributed by atoms with E-state index in [4.69, 9.17) is 16.7 Å². The number of carboxylic acid groups (broad SMARTS) is 1. The van der Waals surface area contributed by atoms with Gasteiger partial charge < -0.3 is 5.11 Å². The van der Waals surface area contributed by atoms with Crippen molar-refractivity contribution >= 4 is 17.6 Å². The zero-order chi connectivity index (χ0) is 12.8. The van der Waals surface area contributed by atoms with Gasteiger partial charge >= 0.3 is 5.97 Å². The van der Waals surface area contributed by atoms with Crippen molar-refractivity contribution in [1.82, 2.24) is 4.90 Å². The van der Waals surface area contributed by atoms with E-state index in [1.54, 1.807) is 6.08 Å². The molecular formula is C13H16ClNO2. The van der Waals surface area contributed by atoms with Crippen LogP contribution in [-0.2, 0) is 4.79 Å². The largest absolute Gasteiger partial charge is 0.478 e. The van der Waals surface area contributed by atoms with Crippen molar-refractivity contribution in [2.45, 2.75) is 13.0 Å². The molecule has 0 heterocycles. The van der Waals surface area contributed by atoms with E-state index in [1.807, 2.05) is 36.2 Å². The van der Waals surface area contributed by atoms with Crippen LogP contribution in [0.25, 0.3) is 0 Å². The third-order valence-electron chi connectivity index (χ3n) is 2.65. The maximum Gasteiger partial charge on any atom is 0.328 e. The van der Waals surface area contributed by atoms with Gasteiger partial charge in [0.25, 0.3) is 0 Å². The molecule has 0 fully saturated rings. The average molecular weight is 254 g/mol. The van der Waals surface area contributed by atoms with E-state index in [2.05, 4.69) is 6.92 Å². The molecule has 1 aromatic carbocycles. The minimum absolute atomic E-state index is 0.187. The minimum Gasteiger partial charge on any atom is -0.478 e. The maximum atomic E-state index is 10.3. The first-order valence-corrected chi connectivity index (χ1v) is 5.73. The van der Waals surface area contributed by atoms with Gasteiger partial charge in [0, 0.05) is 23.7 Å². The number of hydrogen-bond acceptors (Lipinski definition) is 2. The number of carboxylic acids is 1. The normalized spacial score (nSPS) is 13.2. The predicted molar refractivity (Wildman–Crippen MR) is 69.3 cm³/mol. The van der Waals surface area contributed by atoms with Crippen molar-refractivity contribution in [3.63, 3.8) is 0 Å². The molecule has 0 aliphatic heterocycles. The molecule has 1 rings (SSSR count). The number of halogens is 1. The van der Waals surface area contributed by atoms with Gasteiger partial charge in [0.1, 0.15) is 0 Å². The van der Waals surface area contributed by atoms with Gasteiger partial charge in [-0.25, -0.2) is 4.79 Å². The molecule has 0 spiro atoms. The lowest BCUT2D eigenvalue weighted by Crippen LogP contribution is -2.22. The Bertz CT molecular complexity index is 418. The molecule has 1 aromatic rings. The van der Waals surface area contributed by atoms with Crippen LogP contribution in [0.2, 0.25) is 5.02 Å². The molecule has 92 valence electrons. The number of benzene rings is 1. The number of carbonyl (C=O) groups is 1. The molecule has 4 heteroatoms. The van der Waals surface area contributed by atoms with Crippen molar-refractivity contribution in [3.05, 3.63) is 47.0 Å². The van der Waals surface area contributed by atoms with Crippen LogP contribution in [0, 0.1) is 0 Å². The second-order valence-electron chi connectivity index (χ2n) is 3.91. The summed E-state index contributed by atoms with van der Waals surface area (Å²) in [5, 5.41) is 9.21. The molecule has 0 saturated carbocycles. The lowest BCUT2D eigenvalue weighted by molar-refractivity contribution is -0.131. The molecule has 0 aliphatic rings. The van der Waals surface area contributed by atoms with Gasteiger partial charge in [-0.1, -0.05) is 29.8 Å². The molecule has 1 N–H and O–H groups in total. The number of rotatable bonds is 5. The Morgan fingerprint density at radius 1 is 1.59 bits per heavy atom. The zero-order valence-corrected chi connectivity index (χ0v) is 10.7.